The summed E-state index contributed by atoms with van der Waals surface area (Å²) in [6.45, 7) is 1.55. The van der Waals surface area contributed by atoms with Crippen molar-refractivity contribution in [1.82, 2.24) is 4.90 Å². The average molecular weight is 408 g/mol. The molecule has 2 heteroatoms. The molecule has 0 amide bonds. The van der Waals surface area contributed by atoms with Crippen molar-refractivity contribution in [3.05, 3.63) is 144 Å². The zero-order valence-corrected chi connectivity index (χ0v) is 17.7. The molecule has 0 radical (unpaired) electrons. The van der Waals surface area contributed by atoms with Gasteiger partial charge in [0.25, 0.3) is 0 Å². The highest BCUT2D eigenvalue weighted by molar-refractivity contribution is 5.24. The fourth-order valence-electron chi connectivity index (χ4n) is 4.09. The number of hydrogen-bond acceptors (Lipinski definition) is 2. The summed E-state index contributed by atoms with van der Waals surface area (Å²) in [6.07, 6.45) is 0.185. The summed E-state index contributed by atoms with van der Waals surface area (Å²) >= 11 is 0. The van der Waals surface area contributed by atoms with E-state index in [1.54, 1.807) is 0 Å². The first-order valence-electron chi connectivity index (χ1n) is 10.9. The summed E-state index contributed by atoms with van der Waals surface area (Å²) in [7, 11) is 0. The van der Waals surface area contributed by atoms with Crippen LogP contribution in [0.25, 0.3) is 0 Å². The summed E-state index contributed by atoms with van der Waals surface area (Å²) in [4.78, 5) is 2.41. The Balaban J connectivity index is 1.70. The van der Waals surface area contributed by atoms with E-state index in [1.807, 2.05) is 48.5 Å². The molecule has 0 saturated heterocycles. The number of nitrogens with zero attached hydrogens (tertiary/aromatic N) is 1. The Morgan fingerprint density at radius 1 is 0.516 bits per heavy atom. The molecule has 0 spiro atoms. The van der Waals surface area contributed by atoms with Crippen LogP contribution in [0, 0.1) is 0 Å². The van der Waals surface area contributed by atoms with Gasteiger partial charge in [-0.1, -0.05) is 121 Å². The van der Waals surface area contributed by atoms with Gasteiger partial charge < -0.3 is 5.11 Å². The van der Waals surface area contributed by atoms with Crippen molar-refractivity contribution in [2.24, 2.45) is 0 Å². The van der Waals surface area contributed by atoms with Gasteiger partial charge in [-0.3, -0.25) is 4.90 Å². The van der Waals surface area contributed by atoms with Crippen LogP contribution in [0.2, 0.25) is 0 Å². The number of benzene rings is 4. The van der Waals surface area contributed by atoms with Crippen molar-refractivity contribution < 1.29 is 5.11 Å². The van der Waals surface area contributed by atoms with Gasteiger partial charge in [0, 0.05) is 19.1 Å². The highest BCUT2D eigenvalue weighted by atomic mass is 16.3. The normalized spacial score (nSPS) is 13.1. The molecule has 0 fully saturated rings. The van der Waals surface area contributed by atoms with Crippen molar-refractivity contribution in [2.45, 2.75) is 31.7 Å². The predicted octanol–water partition coefficient (Wildman–Crippen LogP) is 6.03. The molecule has 2 atom stereocenters. The molecule has 156 valence electrons. The van der Waals surface area contributed by atoms with E-state index in [2.05, 4.69) is 77.7 Å². The first-order valence-corrected chi connectivity index (χ1v) is 10.9. The monoisotopic (exact) mass is 407 g/mol. The number of aliphatic hydroxyl groups is 1. The Morgan fingerprint density at radius 2 is 0.903 bits per heavy atom. The van der Waals surface area contributed by atoms with E-state index in [0.717, 1.165) is 25.1 Å². The lowest BCUT2D eigenvalue weighted by molar-refractivity contribution is 0.0382. The molecule has 0 bridgehead atoms. The summed E-state index contributed by atoms with van der Waals surface area (Å²) in [6, 6.07) is 41.5. The molecule has 0 saturated carbocycles. The lowest BCUT2D eigenvalue weighted by Gasteiger charge is -2.35. The fourth-order valence-corrected chi connectivity index (χ4v) is 4.09. The summed E-state index contributed by atoms with van der Waals surface area (Å²) in [5, 5.41) is 11.5. The molecule has 4 aromatic rings. The largest absolute Gasteiger partial charge is 0.387 e. The quantitative estimate of drug-likeness (QED) is 0.366. The molecular formula is C29H29NO. The molecule has 4 rings (SSSR count). The first-order chi connectivity index (χ1) is 15.3. The molecule has 4 aromatic carbocycles. The van der Waals surface area contributed by atoms with E-state index >= 15 is 0 Å². The van der Waals surface area contributed by atoms with Crippen LogP contribution in [0.5, 0.6) is 0 Å². The zero-order chi connectivity index (χ0) is 21.3. The summed E-state index contributed by atoms with van der Waals surface area (Å²) in [5.74, 6) is 0. The van der Waals surface area contributed by atoms with Gasteiger partial charge in [-0.2, -0.15) is 0 Å². The van der Waals surface area contributed by atoms with Crippen LogP contribution in [0.4, 0.5) is 0 Å². The van der Waals surface area contributed by atoms with Gasteiger partial charge in [0.05, 0.1) is 6.10 Å². The third-order valence-corrected chi connectivity index (χ3v) is 5.72. The van der Waals surface area contributed by atoms with Crippen LogP contribution in [0.1, 0.15) is 28.4 Å². The van der Waals surface area contributed by atoms with Crippen molar-refractivity contribution in [3.8, 4) is 0 Å². The smallest absolute Gasteiger partial charge is 0.0948 e. The highest BCUT2D eigenvalue weighted by Crippen LogP contribution is 2.27. The highest BCUT2D eigenvalue weighted by Gasteiger charge is 2.28. The molecule has 0 aliphatic heterocycles. The molecule has 0 aliphatic carbocycles. The van der Waals surface area contributed by atoms with Crippen LogP contribution in [0.3, 0.4) is 0 Å². The Kier molecular flexibility index (Phi) is 7.28. The third-order valence-electron chi connectivity index (χ3n) is 5.72. The predicted molar refractivity (Wildman–Crippen MR) is 127 cm³/mol. The lowest BCUT2D eigenvalue weighted by Crippen LogP contribution is -2.40. The minimum Gasteiger partial charge on any atom is -0.387 e. The molecule has 0 aliphatic rings. The van der Waals surface area contributed by atoms with Crippen LogP contribution < -0.4 is 0 Å². The maximum atomic E-state index is 11.5. The minimum atomic E-state index is -0.589. The van der Waals surface area contributed by atoms with Gasteiger partial charge in [-0.25, -0.2) is 0 Å². The van der Waals surface area contributed by atoms with Crippen LogP contribution in [-0.2, 0) is 19.5 Å². The molecule has 31 heavy (non-hydrogen) atoms. The van der Waals surface area contributed by atoms with Crippen LogP contribution in [-0.4, -0.2) is 16.0 Å². The third kappa shape index (κ3) is 5.91. The van der Waals surface area contributed by atoms with E-state index in [9.17, 15) is 5.11 Å². The first kappa shape index (κ1) is 21.0. The molecule has 0 heterocycles. The number of aliphatic hydroxyl groups excluding tert-OH is 1. The van der Waals surface area contributed by atoms with E-state index < -0.39 is 6.10 Å². The van der Waals surface area contributed by atoms with Gasteiger partial charge in [0.2, 0.25) is 0 Å². The molecule has 0 unspecified atom stereocenters. The Bertz CT molecular complexity index is 978. The second kappa shape index (κ2) is 10.7. The molecular weight excluding hydrogens is 378 g/mol. The van der Waals surface area contributed by atoms with E-state index in [1.165, 1.54) is 16.7 Å². The maximum Gasteiger partial charge on any atom is 0.0948 e. The van der Waals surface area contributed by atoms with Crippen molar-refractivity contribution >= 4 is 0 Å². The van der Waals surface area contributed by atoms with Gasteiger partial charge in [0.1, 0.15) is 0 Å². The average Bonchev–Trinajstić information content (AvgIpc) is 2.84. The van der Waals surface area contributed by atoms with Crippen molar-refractivity contribution in [1.29, 1.82) is 0 Å². The number of hydrogen-bond donors (Lipinski definition) is 1. The van der Waals surface area contributed by atoms with Gasteiger partial charge >= 0.3 is 0 Å². The Morgan fingerprint density at radius 3 is 1.35 bits per heavy atom. The Labute approximate surface area is 185 Å². The number of rotatable bonds is 9. The fraction of sp³-hybridized carbons (Fsp3) is 0.172. The Hall–Kier alpha value is -3.20. The van der Waals surface area contributed by atoms with Crippen LogP contribution in [0.15, 0.2) is 121 Å². The van der Waals surface area contributed by atoms with E-state index in [0.29, 0.717) is 0 Å². The zero-order valence-electron chi connectivity index (χ0n) is 17.7. The standard InChI is InChI=1S/C29H29NO/c31-29(27-19-11-4-12-20-27)28(21-24-13-5-1-6-14-24)30(22-25-15-7-2-8-16-25)23-26-17-9-3-10-18-26/h1-20,28-29,31H,21-23H2/t28-,29-/m0/s1. The molecule has 0 aromatic heterocycles. The minimum absolute atomic E-state index is 0.0646. The second-order valence-electron chi connectivity index (χ2n) is 7.99. The van der Waals surface area contributed by atoms with Gasteiger partial charge in [0.15, 0.2) is 0 Å². The van der Waals surface area contributed by atoms with Crippen molar-refractivity contribution in [3.63, 3.8) is 0 Å². The summed E-state index contributed by atoms with van der Waals surface area (Å²) < 4.78 is 0. The second-order valence-corrected chi connectivity index (χ2v) is 7.99. The topological polar surface area (TPSA) is 23.5 Å². The van der Waals surface area contributed by atoms with Gasteiger partial charge in [-0.15, -0.1) is 0 Å². The maximum absolute atomic E-state index is 11.5. The van der Waals surface area contributed by atoms with Crippen molar-refractivity contribution in [2.75, 3.05) is 0 Å². The molecule has 2 nitrogen and oxygen atoms in total. The lowest BCUT2D eigenvalue weighted by atomic mass is 9.93. The summed E-state index contributed by atoms with van der Waals surface area (Å²) in [5.41, 5.74) is 4.68. The SMILES string of the molecule is O[C@@H](c1ccccc1)[C@H](Cc1ccccc1)N(Cc1ccccc1)Cc1ccccc1. The molecule has 1 N–H and O–H groups in total. The van der Waals surface area contributed by atoms with Crippen LogP contribution >= 0.6 is 0 Å². The van der Waals surface area contributed by atoms with E-state index in [4.69, 9.17) is 0 Å². The van der Waals surface area contributed by atoms with Gasteiger partial charge in [-0.05, 0) is 28.7 Å². The van der Waals surface area contributed by atoms with E-state index in [-0.39, 0.29) is 6.04 Å².